The van der Waals surface area contributed by atoms with Crippen molar-refractivity contribution in [2.75, 3.05) is 0 Å². The fourth-order valence-corrected chi connectivity index (χ4v) is 2.34. The zero-order chi connectivity index (χ0) is 18.6. The molecule has 0 bridgehead atoms. The smallest absolute Gasteiger partial charge is 0.348 e. The minimum Gasteiger partial charge on any atom is -0.348 e. The summed E-state index contributed by atoms with van der Waals surface area (Å²) in [6.07, 6.45) is -0.373. The molecule has 0 spiro atoms. The number of hydrogen-bond donors (Lipinski definition) is 1. The Morgan fingerprint density at radius 2 is 1.81 bits per heavy atom. The number of alkyl halides is 3. The standard InChI is InChI=1S/C19H14F3N3O/c20-19(21,22)16-4-5-17(24-12-16)14-2-1-3-15(10-14)18(26)25-11-13-6-8-23-9-7-13/h1-10,12H,11H2,(H,25,26). The van der Waals surface area contributed by atoms with Crippen LogP contribution in [0.1, 0.15) is 21.5 Å². The van der Waals surface area contributed by atoms with Gasteiger partial charge in [0, 0.05) is 36.3 Å². The molecule has 0 radical (unpaired) electrons. The SMILES string of the molecule is O=C(NCc1ccncc1)c1cccc(-c2ccc(C(F)(F)F)cn2)c1. The highest BCUT2D eigenvalue weighted by atomic mass is 19.4. The number of carbonyl (C=O) groups excluding carboxylic acids is 1. The number of rotatable bonds is 4. The summed E-state index contributed by atoms with van der Waals surface area (Å²) in [5.74, 6) is -0.282. The van der Waals surface area contributed by atoms with Crippen LogP contribution in [-0.2, 0) is 12.7 Å². The zero-order valence-electron chi connectivity index (χ0n) is 13.5. The van der Waals surface area contributed by atoms with E-state index in [0.29, 0.717) is 23.4 Å². The van der Waals surface area contributed by atoms with Crippen LogP contribution in [0.2, 0.25) is 0 Å². The molecular weight excluding hydrogens is 343 g/mol. The average Bonchev–Trinajstić information content (AvgIpc) is 2.66. The molecule has 26 heavy (non-hydrogen) atoms. The summed E-state index contributed by atoms with van der Waals surface area (Å²) in [6, 6.07) is 12.4. The highest BCUT2D eigenvalue weighted by Gasteiger charge is 2.30. The molecule has 132 valence electrons. The number of halogens is 3. The van der Waals surface area contributed by atoms with Crippen LogP contribution in [-0.4, -0.2) is 15.9 Å². The van der Waals surface area contributed by atoms with Crippen molar-refractivity contribution >= 4 is 5.91 Å². The van der Waals surface area contributed by atoms with E-state index in [4.69, 9.17) is 0 Å². The van der Waals surface area contributed by atoms with E-state index in [0.717, 1.165) is 17.8 Å². The Morgan fingerprint density at radius 3 is 2.46 bits per heavy atom. The summed E-state index contributed by atoms with van der Waals surface area (Å²) in [5.41, 5.74) is 1.43. The topological polar surface area (TPSA) is 54.9 Å². The molecule has 0 aliphatic rings. The molecule has 0 atom stereocenters. The Morgan fingerprint density at radius 1 is 1.04 bits per heavy atom. The highest BCUT2D eigenvalue weighted by Crippen LogP contribution is 2.29. The highest BCUT2D eigenvalue weighted by molar-refractivity contribution is 5.95. The van der Waals surface area contributed by atoms with Crippen LogP contribution in [0.4, 0.5) is 13.2 Å². The second-order valence-electron chi connectivity index (χ2n) is 5.55. The summed E-state index contributed by atoms with van der Waals surface area (Å²) in [4.78, 5) is 20.0. The van der Waals surface area contributed by atoms with Crippen LogP contribution in [0, 0.1) is 0 Å². The van der Waals surface area contributed by atoms with Crippen LogP contribution >= 0.6 is 0 Å². The molecule has 0 aliphatic carbocycles. The molecule has 1 N–H and O–H groups in total. The summed E-state index contributed by atoms with van der Waals surface area (Å²) in [7, 11) is 0. The summed E-state index contributed by atoms with van der Waals surface area (Å²) < 4.78 is 37.9. The number of hydrogen-bond acceptors (Lipinski definition) is 3. The van der Waals surface area contributed by atoms with Gasteiger partial charge in [0.15, 0.2) is 0 Å². The van der Waals surface area contributed by atoms with Crippen LogP contribution in [0.15, 0.2) is 67.1 Å². The Hall–Kier alpha value is -3.22. The van der Waals surface area contributed by atoms with Crippen molar-refractivity contribution in [3.05, 3.63) is 83.8 Å². The average molecular weight is 357 g/mol. The van der Waals surface area contributed by atoms with Crippen molar-refractivity contribution in [1.82, 2.24) is 15.3 Å². The molecule has 0 saturated heterocycles. The molecule has 0 unspecified atom stereocenters. The van der Waals surface area contributed by atoms with E-state index in [1.807, 2.05) is 0 Å². The van der Waals surface area contributed by atoms with Crippen LogP contribution in [0.3, 0.4) is 0 Å². The largest absolute Gasteiger partial charge is 0.417 e. The molecular formula is C19H14F3N3O. The molecule has 3 rings (SSSR count). The predicted molar refractivity (Wildman–Crippen MR) is 90.1 cm³/mol. The lowest BCUT2D eigenvalue weighted by Crippen LogP contribution is -2.22. The Kier molecular flexibility index (Phi) is 4.97. The van der Waals surface area contributed by atoms with Gasteiger partial charge in [0.1, 0.15) is 0 Å². The Labute approximate surface area is 147 Å². The van der Waals surface area contributed by atoms with E-state index in [1.165, 1.54) is 6.07 Å². The maximum Gasteiger partial charge on any atom is 0.417 e. The lowest BCUT2D eigenvalue weighted by molar-refractivity contribution is -0.137. The van der Waals surface area contributed by atoms with Crippen molar-refractivity contribution in [3.8, 4) is 11.3 Å². The number of benzene rings is 1. The number of nitrogens with zero attached hydrogens (tertiary/aromatic N) is 2. The summed E-state index contributed by atoms with van der Waals surface area (Å²) in [6.45, 7) is 0.351. The normalized spacial score (nSPS) is 11.2. The van der Waals surface area contributed by atoms with Crippen molar-refractivity contribution in [2.24, 2.45) is 0 Å². The number of carbonyl (C=O) groups is 1. The third-order valence-corrected chi connectivity index (χ3v) is 3.71. The fraction of sp³-hybridized carbons (Fsp3) is 0.105. The quantitative estimate of drug-likeness (QED) is 0.765. The van der Waals surface area contributed by atoms with Gasteiger partial charge in [0.25, 0.3) is 5.91 Å². The van der Waals surface area contributed by atoms with Gasteiger partial charge in [-0.1, -0.05) is 12.1 Å². The molecule has 0 aliphatic heterocycles. The second-order valence-corrected chi connectivity index (χ2v) is 5.55. The van der Waals surface area contributed by atoms with Crippen molar-refractivity contribution in [1.29, 1.82) is 0 Å². The van der Waals surface area contributed by atoms with Gasteiger partial charge in [-0.25, -0.2) is 0 Å². The minimum absolute atomic E-state index is 0.282. The third-order valence-electron chi connectivity index (χ3n) is 3.71. The lowest BCUT2D eigenvalue weighted by Gasteiger charge is -2.09. The van der Waals surface area contributed by atoms with Crippen molar-refractivity contribution in [3.63, 3.8) is 0 Å². The van der Waals surface area contributed by atoms with Crippen molar-refractivity contribution in [2.45, 2.75) is 12.7 Å². The Balaban J connectivity index is 1.74. The van der Waals surface area contributed by atoms with Gasteiger partial charge >= 0.3 is 6.18 Å². The fourth-order valence-electron chi connectivity index (χ4n) is 2.34. The first kappa shape index (κ1) is 17.6. The Bertz CT molecular complexity index is 894. The molecule has 3 aromatic rings. The van der Waals surface area contributed by atoms with Gasteiger partial charge in [-0.3, -0.25) is 14.8 Å². The van der Waals surface area contributed by atoms with Gasteiger partial charge in [0.05, 0.1) is 11.3 Å². The molecule has 4 nitrogen and oxygen atoms in total. The van der Waals surface area contributed by atoms with Gasteiger partial charge in [-0.2, -0.15) is 13.2 Å². The van der Waals surface area contributed by atoms with E-state index in [9.17, 15) is 18.0 Å². The zero-order valence-corrected chi connectivity index (χ0v) is 13.5. The predicted octanol–water partition coefficient (Wildman–Crippen LogP) is 4.09. The summed E-state index contributed by atoms with van der Waals surface area (Å²) >= 11 is 0. The second kappa shape index (κ2) is 7.35. The van der Waals surface area contributed by atoms with E-state index < -0.39 is 11.7 Å². The monoisotopic (exact) mass is 357 g/mol. The van der Waals surface area contributed by atoms with Crippen LogP contribution in [0.5, 0.6) is 0 Å². The molecule has 7 heteroatoms. The van der Waals surface area contributed by atoms with E-state index >= 15 is 0 Å². The first-order valence-electron chi connectivity index (χ1n) is 7.74. The maximum atomic E-state index is 12.6. The number of amides is 1. The first-order chi connectivity index (χ1) is 12.4. The van der Waals surface area contributed by atoms with Crippen LogP contribution in [0.25, 0.3) is 11.3 Å². The third kappa shape index (κ3) is 4.24. The molecule has 1 aromatic carbocycles. The molecule has 0 saturated carbocycles. The lowest BCUT2D eigenvalue weighted by atomic mass is 10.1. The van der Waals surface area contributed by atoms with E-state index in [2.05, 4.69) is 15.3 Å². The number of aromatic nitrogens is 2. The molecule has 2 heterocycles. The van der Waals surface area contributed by atoms with Crippen molar-refractivity contribution < 1.29 is 18.0 Å². The number of nitrogens with one attached hydrogen (secondary N) is 1. The number of pyridine rings is 2. The van der Waals surface area contributed by atoms with E-state index in [-0.39, 0.29) is 5.91 Å². The molecule has 2 aromatic heterocycles. The van der Waals surface area contributed by atoms with Gasteiger partial charge in [-0.05, 0) is 42.0 Å². The van der Waals surface area contributed by atoms with Gasteiger partial charge in [-0.15, -0.1) is 0 Å². The maximum absolute atomic E-state index is 12.6. The minimum atomic E-state index is -4.43. The molecule has 1 amide bonds. The molecule has 0 fully saturated rings. The van der Waals surface area contributed by atoms with E-state index in [1.54, 1.807) is 48.8 Å². The van der Waals surface area contributed by atoms with Gasteiger partial charge in [0.2, 0.25) is 0 Å². The summed E-state index contributed by atoms with van der Waals surface area (Å²) in [5, 5.41) is 2.79. The first-order valence-corrected chi connectivity index (χ1v) is 7.74. The van der Waals surface area contributed by atoms with Gasteiger partial charge < -0.3 is 5.32 Å². The van der Waals surface area contributed by atoms with Crippen LogP contribution < -0.4 is 5.32 Å².